The van der Waals surface area contributed by atoms with E-state index in [2.05, 4.69) is 48.2 Å². The van der Waals surface area contributed by atoms with Crippen LogP contribution in [0.15, 0.2) is 29.4 Å². The molecule has 1 aliphatic rings. The van der Waals surface area contributed by atoms with Crippen molar-refractivity contribution in [2.75, 3.05) is 19.6 Å². The van der Waals surface area contributed by atoms with E-state index in [1.807, 2.05) is 0 Å². The normalized spacial score (nSPS) is 13.1. The van der Waals surface area contributed by atoms with Crippen molar-refractivity contribution in [1.29, 1.82) is 0 Å². The van der Waals surface area contributed by atoms with E-state index >= 15 is 0 Å². The summed E-state index contributed by atoms with van der Waals surface area (Å²) in [6, 6.07) is 0. The number of allylic oxidation sites excluding steroid dienone is 3. The summed E-state index contributed by atoms with van der Waals surface area (Å²) in [5.41, 5.74) is 5.62. The maximum absolute atomic E-state index is 10.3. The van der Waals surface area contributed by atoms with Crippen molar-refractivity contribution >= 4 is 11.8 Å². The highest BCUT2D eigenvalue weighted by Crippen LogP contribution is 2.14. The van der Waals surface area contributed by atoms with Crippen LogP contribution in [0.4, 0.5) is 0 Å². The van der Waals surface area contributed by atoms with Gasteiger partial charge in [-0.15, -0.1) is 0 Å². The summed E-state index contributed by atoms with van der Waals surface area (Å²) in [6.45, 7) is 7.21. The maximum atomic E-state index is 10.3. The van der Waals surface area contributed by atoms with E-state index in [9.17, 15) is 4.79 Å². The Morgan fingerprint density at radius 3 is 1.47 bits per heavy atom. The zero-order valence-electron chi connectivity index (χ0n) is 30.3. The summed E-state index contributed by atoms with van der Waals surface area (Å²) in [6.07, 6.45) is 46.4. The molecule has 0 saturated carbocycles. The molecule has 0 saturated heterocycles. The van der Waals surface area contributed by atoms with Crippen LogP contribution < -0.4 is 5.73 Å². The molecule has 5 nitrogen and oxygen atoms in total. The lowest BCUT2D eigenvalue weighted by Gasteiger charge is -2.14. The SMILES string of the molecule is CCCCCCCC/C=C\CCCCCCCC(=O)O.CCCCCCCCCCCCCCCC=CN1CCN=C1CCN. The number of aliphatic imine (C=N–C) groups is 1. The van der Waals surface area contributed by atoms with Gasteiger partial charge < -0.3 is 15.7 Å². The van der Waals surface area contributed by atoms with Gasteiger partial charge in [-0.25, -0.2) is 0 Å². The lowest BCUT2D eigenvalue weighted by atomic mass is 10.0. The molecular weight excluding hydrogens is 554 g/mol. The van der Waals surface area contributed by atoms with Crippen molar-refractivity contribution in [2.45, 2.75) is 200 Å². The number of nitrogens with zero attached hydrogens (tertiary/aromatic N) is 2. The Morgan fingerprint density at radius 2 is 1.04 bits per heavy atom. The molecular formula is C40H77N3O2. The van der Waals surface area contributed by atoms with Crippen LogP contribution in [0.2, 0.25) is 0 Å². The Kier molecular flexibility index (Phi) is 35.5. The molecule has 1 rings (SSSR count). The van der Waals surface area contributed by atoms with Crippen LogP contribution in [0.1, 0.15) is 200 Å². The summed E-state index contributed by atoms with van der Waals surface area (Å²) < 4.78 is 0. The molecule has 45 heavy (non-hydrogen) atoms. The molecule has 5 heteroatoms. The predicted octanol–water partition coefficient (Wildman–Crippen LogP) is 12.2. The van der Waals surface area contributed by atoms with Gasteiger partial charge in [0.15, 0.2) is 0 Å². The molecule has 0 aromatic heterocycles. The van der Waals surface area contributed by atoms with Crippen molar-refractivity contribution < 1.29 is 9.90 Å². The van der Waals surface area contributed by atoms with E-state index in [4.69, 9.17) is 10.8 Å². The minimum absolute atomic E-state index is 0.332. The second-order valence-corrected chi connectivity index (χ2v) is 13.2. The average molecular weight is 632 g/mol. The molecule has 0 aromatic carbocycles. The lowest BCUT2D eigenvalue weighted by Crippen LogP contribution is -2.23. The van der Waals surface area contributed by atoms with Crippen LogP contribution in [-0.2, 0) is 4.79 Å². The first-order valence-electron chi connectivity index (χ1n) is 19.7. The molecule has 0 radical (unpaired) electrons. The van der Waals surface area contributed by atoms with Crippen molar-refractivity contribution in [3.63, 3.8) is 0 Å². The van der Waals surface area contributed by atoms with Crippen molar-refractivity contribution in [3.8, 4) is 0 Å². The summed E-state index contributed by atoms with van der Waals surface area (Å²) in [4.78, 5) is 17.1. The van der Waals surface area contributed by atoms with Gasteiger partial charge in [0.2, 0.25) is 0 Å². The minimum Gasteiger partial charge on any atom is -0.481 e. The lowest BCUT2D eigenvalue weighted by molar-refractivity contribution is -0.137. The number of unbranched alkanes of at least 4 members (excludes halogenated alkanes) is 24. The largest absolute Gasteiger partial charge is 0.481 e. The van der Waals surface area contributed by atoms with Gasteiger partial charge in [0.1, 0.15) is 5.84 Å². The fourth-order valence-electron chi connectivity index (χ4n) is 5.85. The average Bonchev–Trinajstić information content (AvgIpc) is 3.48. The topological polar surface area (TPSA) is 78.9 Å². The Balaban J connectivity index is 0.000000884. The van der Waals surface area contributed by atoms with Gasteiger partial charge in [-0.2, -0.15) is 0 Å². The smallest absolute Gasteiger partial charge is 0.303 e. The molecule has 0 unspecified atom stereocenters. The second kappa shape index (κ2) is 36.8. The molecule has 0 aliphatic carbocycles. The van der Waals surface area contributed by atoms with E-state index in [0.29, 0.717) is 13.0 Å². The number of nitrogens with two attached hydrogens (primary N) is 1. The van der Waals surface area contributed by atoms with Crippen molar-refractivity contribution in [3.05, 3.63) is 24.4 Å². The number of hydrogen-bond acceptors (Lipinski definition) is 4. The maximum Gasteiger partial charge on any atom is 0.303 e. The van der Waals surface area contributed by atoms with Crippen LogP contribution in [0.5, 0.6) is 0 Å². The van der Waals surface area contributed by atoms with Crippen molar-refractivity contribution in [2.24, 2.45) is 10.7 Å². The summed E-state index contributed by atoms with van der Waals surface area (Å²) in [5, 5.41) is 8.51. The third-order valence-electron chi connectivity index (χ3n) is 8.75. The van der Waals surface area contributed by atoms with E-state index in [0.717, 1.165) is 32.4 Å². The van der Waals surface area contributed by atoms with E-state index in [1.54, 1.807) is 0 Å². The monoisotopic (exact) mass is 632 g/mol. The van der Waals surface area contributed by atoms with Gasteiger partial charge in [0.25, 0.3) is 0 Å². The fraction of sp³-hybridized carbons (Fsp3) is 0.850. The molecule has 264 valence electrons. The van der Waals surface area contributed by atoms with Gasteiger partial charge in [-0.05, 0) is 51.5 Å². The molecule has 0 amide bonds. The van der Waals surface area contributed by atoms with Gasteiger partial charge in [-0.1, -0.05) is 160 Å². The highest BCUT2D eigenvalue weighted by atomic mass is 16.4. The number of carboxylic acid groups (broad SMARTS) is 1. The minimum atomic E-state index is -0.664. The molecule has 1 heterocycles. The zero-order valence-corrected chi connectivity index (χ0v) is 30.3. The fourth-order valence-corrected chi connectivity index (χ4v) is 5.85. The predicted molar refractivity (Wildman–Crippen MR) is 199 cm³/mol. The molecule has 0 spiro atoms. The quantitative estimate of drug-likeness (QED) is 0.0572. The highest BCUT2D eigenvalue weighted by Gasteiger charge is 2.12. The van der Waals surface area contributed by atoms with Crippen molar-refractivity contribution in [1.82, 2.24) is 4.90 Å². The van der Waals surface area contributed by atoms with Gasteiger partial charge in [0.05, 0.1) is 6.54 Å². The number of hydrogen-bond donors (Lipinski definition) is 2. The molecule has 1 aliphatic heterocycles. The highest BCUT2D eigenvalue weighted by molar-refractivity contribution is 5.84. The third-order valence-corrected chi connectivity index (χ3v) is 8.75. The third kappa shape index (κ3) is 33.6. The number of carboxylic acids is 1. The van der Waals surface area contributed by atoms with Gasteiger partial charge in [0, 0.05) is 25.6 Å². The van der Waals surface area contributed by atoms with E-state index < -0.39 is 5.97 Å². The van der Waals surface area contributed by atoms with Gasteiger partial charge >= 0.3 is 5.97 Å². The van der Waals surface area contributed by atoms with Crippen LogP contribution in [0, 0.1) is 0 Å². The molecule has 0 aromatic rings. The second-order valence-electron chi connectivity index (χ2n) is 13.2. The molecule has 0 fully saturated rings. The Bertz CT molecular complexity index is 704. The standard InChI is InChI=1S/C22H43N3.C18H34O2/c1-2-3-4-5-6-7-8-9-10-11-12-13-14-15-16-20-25-21-19-24-22(25)17-18-23;1-2-3-4-5-6-7-8-9-10-11-12-13-14-15-16-17-18(19)20/h16,20H,2-15,17-19,21,23H2,1H3;9-10H,2-8,11-17H2,1H3,(H,19,20)/b;10-9-. The van der Waals surface area contributed by atoms with E-state index in [-0.39, 0.29) is 0 Å². The van der Waals surface area contributed by atoms with E-state index in [1.165, 1.54) is 166 Å². The number of aliphatic carboxylic acids is 1. The molecule has 3 N–H and O–H groups in total. The Morgan fingerprint density at radius 1 is 0.644 bits per heavy atom. The number of amidine groups is 1. The Labute approximate surface area is 281 Å². The van der Waals surface area contributed by atoms with Crippen LogP contribution in [-0.4, -0.2) is 41.4 Å². The number of rotatable bonds is 32. The Hall–Kier alpha value is -1.62. The van der Waals surface area contributed by atoms with Crippen LogP contribution in [0.25, 0.3) is 0 Å². The zero-order chi connectivity index (χ0) is 32.9. The van der Waals surface area contributed by atoms with Crippen LogP contribution >= 0.6 is 0 Å². The first kappa shape index (κ1) is 43.4. The first-order chi connectivity index (χ1) is 22.2. The van der Waals surface area contributed by atoms with Crippen LogP contribution in [0.3, 0.4) is 0 Å². The van der Waals surface area contributed by atoms with Gasteiger partial charge in [-0.3, -0.25) is 9.79 Å². The molecule has 0 bridgehead atoms. The molecule has 0 atom stereocenters. The first-order valence-corrected chi connectivity index (χ1v) is 19.7. The summed E-state index contributed by atoms with van der Waals surface area (Å²) in [5.74, 6) is 0.506. The number of carbonyl (C=O) groups is 1. The summed E-state index contributed by atoms with van der Waals surface area (Å²) >= 11 is 0. The summed E-state index contributed by atoms with van der Waals surface area (Å²) in [7, 11) is 0.